The average molecular weight is 642 g/mol. The van der Waals surface area contributed by atoms with Gasteiger partial charge in [0.15, 0.2) is 24.1 Å². The summed E-state index contributed by atoms with van der Waals surface area (Å²) in [5, 5.41) is 32.5. The molecule has 2 amide bonds. The number of nitrogens with zero attached hydrogens (tertiary/aromatic N) is 8. The van der Waals surface area contributed by atoms with Gasteiger partial charge in [-0.1, -0.05) is 23.0 Å². The molecule has 1 aliphatic carbocycles. The molecule has 0 bridgehead atoms. The van der Waals surface area contributed by atoms with Crippen LogP contribution in [0.5, 0.6) is 0 Å². The minimum atomic E-state index is -1.46. The number of allylic oxidation sites excluding steroid dienone is 1. The number of oxime groups is 1. The summed E-state index contributed by atoms with van der Waals surface area (Å²) in [7, 11) is 0. The van der Waals surface area contributed by atoms with Crippen molar-refractivity contribution in [2.24, 2.45) is 5.16 Å². The van der Waals surface area contributed by atoms with Crippen molar-refractivity contribution in [1.82, 2.24) is 40.2 Å². The summed E-state index contributed by atoms with van der Waals surface area (Å²) in [6.45, 7) is 0.240. The number of anilines is 1. The number of nitrogens with two attached hydrogens (primary N) is 1. The monoisotopic (exact) mass is 641 g/mol. The Morgan fingerprint density at radius 2 is 2.19 bits per heavy atom. The molecule has 1 saturated heterocycles. The first-order chi connectivity index (χ1) is 20.9. The number of rotatable bonds is 11. The lowest BCUT2D eigenvalue weighted by Crippen LogP contribution is -2.71. The molecule has 3 aromatic heterocycles. The molecule has 43 heavy (non-hydrogen) atoms. The van der Waals surface area contributed by atoms with Crippen LogP contribution in [-0.2, 0) is 31.5 Å². The van der Waals surface area contributed by atoms with E-state index < -0.39 is 29.2 Å². The molecule has 6 rings (SSSR count). The van der Waals surface area contributed by atoms with E-state index in [4.69, 9.17) is 10.6 Å². The van der Waals surface area contributed by atoms with Crippen LogP contribution in [0.15, 0.2) is 58.3 Å². The predicted octanol–water partition coefficient (Wildman–Crippen LogP) is -1.24. The van der Waals surface area contributed by atoms with Gasteiger partial charge in [-0.05, 0) is 34.9 Å². The number of amides is 2. The normalized spacial score (nSPS) is 21.5. The van der Waals surface area contributed by atoms with Gasteiger partial charge in [0.25, 0.3) is 11.8 Å². The fourth-order valence-electron chi connectivity index (χ4n) is 4.60. The number of fused-ring (bicyclic) bond motifs is 1. The first-order valence-corrected chi connectivity index (χ1v) is 15.7. The zero-order valence-corrected chi connectivity index (χ0v) is 24.6. The van der Waals surface area contributed by atoms with Gasteiger partial charge in [-0.3, -0.25) is 14.5 Å². The minimum Gasteiger partial charge on any atom is -0.543 e. The van der Waals surface area contributed by atoms with Crippen molar-refractivity contribution >= 4 is 63.7 Å². The van der Waals surface area contributed by atoms with Crippen LogP contribution in [0.1, 0.15) is 24.2 Å². The number of hydrogen-bond donors (Lipinski definition) is 3. The van der Waals surface area contributed by atoms with Gasteiger partial charge >= 0.3 is 0 Å². The molecule has 0 aromatic carbocycles. The van der Waals surface area contributed by atoms with E-state index in [1.165, 1.54) is 23.5 Å². The Hall–Kier alpha value is -4.36. The number of carbonyl (C=O) groups is 3. The molecular weight excluding hydrogens is 619 g/mol. The van der Waals surface area contributed by atoms with Crippen LogP contribution >= 0.6 is 35.1 Å². The third kappa shape index (κ3) is 6.22. The Morgan fingerprint density at radius 1 is 1.35 bits per heavy atom. The Labute approximate surface area is 256 Å². The predicted molar refractivity (Wildman–Crippen MR) is 152 cm³/mol. The number of nitrogen functional groups attached to an aromatic ring is 1. The number of hydrogen-bond acceptors (Lipinski definition) is 15. The highest BCUT2D eigenvalue weighted by Crippen LogP contribution is 2.40. The van der Waals surface area contributed by atoms with E-state index in [0.29, 0.717) is 28.7 Å². The number of carboxylic acids is 1. The van der Waals surface area contributed by atoms with E-state index in [1.807, 2.05) is 41.2 Å². The van der Waals surface area contributed by atoms with Crippen LogP contribution in [0.4, 0.5) is 5.13 Å². The van der Waals surface area contributed by atoms with E-state index >= 15 is 0 Å². The smallest absolute Gasteiger partial charge is 0.278 e. The SMILES string of the molecule is Nc1nc(C(=NOC2C=CCC2)C(=O)NC2C(=O)N3C(C(=O)[O-])=C(C[n+]4ccc(CSc5nnn[nH]5)cc4)CS[C@@H]23)ns1. The molecule has 19 heteroatoms. The van der Waals surface area contributed by atoms with Crippen LogP contribution in [0, 0.1) is 0 Å². The molecule has 0 radical (unpaired) electrons. The molecule has 2 unspecified atom stereocenters. The van der Waals surface area contributed by atoms with Gasteiger partial charge in [-0.2, -0.15) is 9.36 Å². The van der Waals surface area contributed by atoms with Crippen LogP contribution in [-0.4, -0.2) is 81.6 Å². The summed E-state index contributed by atoms with van der Waals surface area (Å²) in [5.41, 5.74) is 6.81. The maximum atomic E-state index is 13.2. The number of aromatic amines is 1. The molecule has 3 atom stereocenters. The van der Waals surface area contributed by atoms with Gasteiger partial charge in [0.05, 0.1) is 11.7 Å². The van der Waals surface area contributed by atoms with Gasteiger partial charge in [0.2, 0.25) is 16.7 Å². The molecule has 2 aliphatic heterocycles. The molecule has 0 spiro atoms. The summed E-state index contributed by atoms with van der Waals surface area (Å²) < 4.78 is 5.88. The second kappa shape index (κ2) is 12.5. The molecule has 16 nitrogen and oxygen atoms in total. The van der Waals surface area contributed by atoms with E-state index in [-0.39, 0.29) is 35.0 Å². The van der Waals surface area contributed by atoms with Crippen molar-refractivity contribution < 1.29 is 28.9 Å². The number of β-lactam (4-membered cyclic amide) rings is 1. The van der Waals surface area contributed by atoms with Gasteiger partial charge in [0.1, 0.15) is 17.5 Å². The largest absolute Gasteiger partial charge is 0.543 e. The molecular formula is C24H23N11O5S3. The van der Waals surface area contributed by atoms with Gasteiger partial charge in [0, 0.05) is 40.7 Å². The highest BCUT2D eigenvalue weighted by molar-refractivity contribution is 8.00. The van der Waals surface area contributed by atoms with Crippen molar-refractivity contribution in [2.75, 3.05) is 11.5 Å². The summed E-state index contributed by atoms with van der Waals surface area (Å²) in [4.78, 5) is 49.4. The fraction of sp³-hybridized carbons (Fsp3) is 0.333. The Balaban J connectivity index is 1.13. The number of carboxylic acid groups (broad SMARTS) is 1. The van der Waals surface area contributed by atoms with Crippen LogP contribution in [0.3, 0.4) is 0 Å². The van der Waals surface area contributed by atoms with E-state index in [0.717, 1.165) is 28.4 Å². The lowest BCUT2D eigenvalue weighted by atomic mass is 10.0. The maximum absolute atomic E-state index is 13.2. The zero-order chi connectivity index (χ0) is 29.9. The summed E-state index contributed by atoms with van der Waals surface area (Å²) in [5.74, 6) is -1.86. The molecule has 0 saturated carbocycles. The maximum Gasteiger partial charge on any atom is 0.278 e. The van der Waals surface area contributed by atoms with Crippen molar-refractivity contribution in [3.05, 3.63) is 59.3 Å². The van der Waals surface area contributed by atoms with Gasteiger partial charge < -0.3 is 25.8 Å². The average Bonchev–Trinajstić information content (AvgIpc) is 3.80. The van der Waals surface area contributed by atoms with Crippen LogP contribution in [0.25, 0.3) is 0 Å². The van der Waals surface area contributed by atoms with Crippen molar-refractivity contribution in [2.45, 2.75) is 47.8 Å². The van der Waals surface area contributed by atoms with E-state index in [9.17, 15) is 19.5 Å². The molecule has 4 N–H and O–H groups in total. The fourth-order valence-corrected chi connectivity index (χ4v) is 7.07. The Bertz CT molecular complexity index is 1620. The van der Waals surface area contributed by atoms with E-state index in [2.05, 4.69) is 40.5 Å². The number of thioether (sulfide) groups is 2. The number of tetrazole rings is 1. The van der Waals surface area contributed by atoms with Crippen molar-refractivity contribution in [3.63, 3.8) is 0 Å². The first-order valence-electron chi connectivity index (χ1n) is 12.9. The number of aliphatic carboxylic acids is 1. The van der Waals surface area contributed by atoms with Crippen LogP contribution < -0.4 is 20.7 Å². The minimum absolute atomic E-state index is 0.0314. The topological polar surface area (TPSA) is 221 Å². The molecule has 1 fully saturated rings. The third-order valence-electron chi connectivity index (χ3n) is 6.68. The van der Waals surface area contributed by atoms with Crippen molar-refractivity contribution in [3.8, 4) is 0 Å². The lowest BCUT2D eigenvalue weighted by Gasteiger charge is -2.50. The van der Waals surface area contributed by atoms with E-state index in [1.54, 1.807) is 0 Å². The number of pyridine rings is 1. The van der Waals surface area contributed by atoms with Crippen molar-refractivity contribution in [1.29, 1.82) is 0 Å². The highest BCUT2D eigenvalue weighted by atomic mass is 32.2. The summed E-state index contributed by atoms with van der Waals surface area (Å²) in [6.07, 6.45) is 8.69. The number of H-pyrrole nitrogens is 1. The quantitative estimate of drug-likeness (QED) is 0.0557. The first kappa shape index (κ1) is 28.7. The second-order valence-corrected chi connectivity index (χ2v) is 12.4. The highest BCUT2D eigenvalue weighted by Gasteiger charge is 2.53. The van der Waals surface area contributed by atoms with Gasteiger partial charge in [-0.25, -0.2) is 9.67 Å². The van der Waals surface area contributed by atoms with Crippen LogP contribution in [0.2, 0.25) is 0 Å². The third-order valence-corrected chi connectivity index (χ3v) is 9.49. The van der Waals surface area contributed by atoms with Gasteiger partial charge in [-0.15, -0.1) is 16.9 Å². The standard InChI is InChI=1S/C24H23N11O5S3/c25-23-27-18(31-43-23)15(30-40-14-3-1-2-4-14)19(36)26-16-20(37)35-17(22(38)39)13(11-41-21(16)35)9-34-7-5-12(6-8-34)10-42-24-28-32-33-29-24/h1,3,5-8,14,16,21H,2,4,9-11H2,(H4-,25,26,27,28,29,31,32,33,36,38,39)/t14?,16?,21-/m0/s1. The second-order valence-electron chi connectivity index (χ2n) is 9.52. The lowest BCUT2D eigenvalue weighted by molar-refractivity contribution is -0.689. The Morgan fingerprint density at radius 3 is 2.86 bits per heavy atom. The number of aromatic nitrogens is 7. The zero-order valence-electron chi connectivity index (χ0n) is 22.2. The summed E-state index contributed by atoms with van der Waals surface area (Å²) in [6, 6.07) is 2.82. The Kier molecular flexibility index (Phi) is 8.34. The molecule has 222 valence electrons. The molecule has 3 aliphatic rings. The number of carbonyl (C=O) groups excluding carboxylic acids is 3. The number of nitrogens with one attached hydrogen (secondary N) is 2. The molecule has 3 aromatic rings. The summed E-state index contributed by atoms with van der Waals surface area (Å²) >= 11 is 3.68. The molecule has 5 heterocycles.